The summed E-state index contributed by atoms with van der Waals surface area (Å²) >= 11 is 0. The van der Waals surface area contributed by atoms with Crippen LogP contribution >= 0.6 is 0 Å². The zero-order valence-corrected chi connectivity index (χ0v) is 42.5. The van der Waals surface area contributed by atoms with Crippen LogP contribution in [0.15, 0.2) is 48.6 Å². The highest BCUT2D eigenvalue weighted by Crippen LogP contribution is 2.16. The maximum absolute atomic E-state index is 12.8. The zero-order valence-electron chi connectivity index (χ0n) is 42.5. The van der Waals surface area contributed by atoms with Crippen molar-refractivity contribution >= 4 is 17.9 Å². The van der Waals surface area contributed by atoms with Gasteiger partial charge in [-0.15, -0.1) is 0 Å². The average Bonchev–Trinajstić information content (AvgIpc) is 3.26. The lowest BCUT2D eigenvalue weighted by molar-refractivity contribution is -0.887. The van der Waals surface area contributed by atoms with Gasteiger partial charge in [-0.3, -0.25) is 9.59 Å². The Hall–Kier alpha value is -2.71. The number of hydrogen-bond donors (Lipinski definition) is 1. The molecule has 8 heteroatoms. The molecule has 0 rings (SSSR count). The molecule has 0 aliphatic carbocycles. The number of carboxylic acids is 1. The number of likely N-dealkylation sites (N-methyl/N-ethyl adjacent to an activating group) is 1. The summed E-state index contributed by atoms with van der Waals surface area (Å²) in [5, 5.41) is 9.66. The molecule has 372 valence electrons. The Morgan fingerprint density at radius 1 is 0.484 bits per heavy atom. The summed E-state index contributed by atoms with van der Waals surface area (Å²) < 4.78 is 17.4. The van der Waals surface area contributed by atoms with Crippen LogP contribution in [0.2, 0.25) is 0 Å². The Kier molecular flexibility index (Phi) is 44.8. The molecule has 2 unspecified atom stereocenters. The van der Waals surface area contributed by atoms with Gasteiger partial charge in [-0.2, -0.15) is 0 Å². The lowest BCUT2D eigenvalue weighted by Crippen LogP contribution is -2.50. The lowest BCUT2D eigenvalue weighted by atomic mass is 10.0. The molecule has 2 atom stereocenters. The van der Waals surface area contributed by atoms with Crippen molar-refractivity contribution in [1.29, 1.82) is 0 Å². The molecule has 0 saturated carbocycles. The molecule has 0 aromatic carbocycles. The minimum atomic E-state index is -0.874. The minimum absolute atomic E-state index is 0.0532. The monoisotopic (exact) mass is 901 g/mol. The number of quaternary nitrogens is 1. The number of carboxylic acid groups (broad SMARTS) is 1. The van der Waals surface area contributed by atoms with Crippen molar-refractivity contribution in [2.75, 3.05) is 41.0 Å². The molecule has 0 aliphatic rings. The first-order chi connectivity index (χ1) is 31.1. The molecular formula is C56H102NO7+. The van der Waals surface area contributed by atoms with E-state index in [1.807, 2.05) is 21.1 Å². The number of allylic oxidation sites excluding steroid dienone is 8. The second kappa shape index (κ2) is 46.8. The highest BCUT2D eigenvalue weighted by atomic mass is 16.6. The summed E-state index contributed by atoms with van der Waals surface area (Å²) in [6.07, 6.45) is 57.3. The van der Waals surface area contributed by atoms with Crippen LogP contribution < -0.4 is 0 Å². The van der Waals surface area contributed by atoms with E-state index in [0.29, 0.717) is 19.3 Å². The van der Waals surface area contributed by atoms with Gasteiger partial charge in [-0.25, -0.2) is 4.79 Å². The maximum atomic E-state index is 12.8. The van der Waals surface area contributed by atoms with Gasteiger partial charge in [-0.1, -0.05) is 197 Å². The third-order valence-corrected chi connectivity index (χ3v) is 12.0. The van der Waals surface area contributed by atoms with E-state index in [9.17, 15) is 19.5 Å². The molecule has 0 radical (unpaired) electrons. The van der Waals surface area contributed by atoms with Crippen molar-refractivity contribution in [2.45, 2.75) is 251 Å². The van der Waals surface area contributed by atoms with Crippen molar-refractivity contribution in [3.8, 4) is 0 Å². The predicted molar refractivity (Wildman–Crippen MR) is 271 cm³/mol. The number of aliphatic carboxylic acids is 1. The Labute approximate surface area is 395 Å². The Morgan fingerprint density at radius 3 is 1.31 bits per heavy atom. The number of unbranched alkanes of at least 4 members (excludes halogenated alkanes) is 26. The Balaban J connectivity index is 4.21. The molecule has 1 N–H and O–H groups in total. The summed E-state index contributed by atoms with van der Waals surface area (Å²) in [7, 11) is 5.54. The highest BCUT2D eigenvalue weighted by molar-refractivity contribution is 5.72. The van der Waals surface area contributed by atoms with Crippen LogP contribution in [-0.2, 0) is 28.6 Å². The molecule has 0 saturated heterocycles. The molecule has 0 heterocycles. The number of rotatable bonds is 48. The molecular weight excluding hydrogens is 799 g/mol. The van der Waals surface area contributed by atoms with E-state index in [1.165, 1.54) is 148 Å². The van der Waals surface area contributed by atoms with Crippen molar-refractivity contribution in [3.63, 3.8) is 0 Å². The van der Waals surface area contributed by atoms with Gasteiger partial charge in [0.25, 0.3) is 0 Å². The number of carbonyl (C=O) groups excluding carboxylic acids is 2. The molecule has 64 heavy (non-hydrogen) atoms. The van der Waals surface area contributed by atoms with Crippen LogP contribution in [0.3, 0.4) is 0 Å². The smallest absolute Gasteiger partial charge is 0.362 e. The van der Waals surface area contributed by atoms with Crippen LogP contribution in [-0.4, -0.2) is 80.6 Å². The lowest BCUT2D eigenvalue weighted by Gasteiger charge is -2.31. The summed E-state index contributed by atoms with van der Waals surface area (Å²) in [6.45, 7) is 4.65. The van der Waals surface area contributed by atoms with Crippen molar-refractivity contribution in [2.24, 2.45) is 0 Å². The van der Waals surface area contributed by atoms with Crippen molar-refractivity contribution < 1.29 is 38.2 Å². The van der Waals surface area contributed by atoms with E-state index in [2.05, 4.69) is 62.5 Å². The third kappa shape index (κ3) is 44.5. The van der Waals surface area contributed by atoms with Crippen LogP contribution in [0, 0.1) is 0 Å². The first-order valence-corrected chi connectivity index (χ1v) is 26.7. The standard InChI is InChI=1S/C56H101NO7/c1-6-8-10-12-14-16-18-20-22-24-26-27-29-30-32-34-36-38-40-42-44-46-54(58)63-51-52(50-62-49-48-53(56(60)61)57(3,4)5)64-55(59)47-45-43-41-39-37-35-33-31-28-25-23-21-19-17-15-13-11-9-7-2/h8,10,14,16,20,22,25,28,52-53H,6-7,9,11-13,15,17-19,21,23-24,26-27,29-51H2,1-5H3/p+1/b10-8+,16-14+,22-20+,28-25+. The molecule has 0 spiro atoms. The third-order valence-electron chi connectivity index (χ3n) is 12.0. The average molecular weight is 901 g/mol. The summed E-state index contributed by atoms with van der Waals surface area (Å²) in [5.74, 6) is -1.47. The fourth-order valence-corrected chi connectivity index (χ4v) is 7.87. The second-order valence-corrected chi connectivity index (χ2v) is 19.1. The quantitative estimate of drug-likeness (QED) is 0.0281. The van der Waals surface area contributed by atoms with Crippen LogP contribution in [0.4, 0.5) is 0 Å². The van der Waals surface area contributed by atoms with E-state index >= 15 is 0 Å². The summed E-state index contributed by atoms with van der Waals surface area (Å²) in [5.41, 5.74) is 0. The van der Waals surface area contributed by atoms with E-state index in [1.54, 1.807) is 0 Å². The van der Waals surface area contributed by atoms with Crippen LogP contribution in [0.5, 0.6) is 0 Å². The van der Waals surface area contributed by atoms with Gasteiger partial charge >= 0.3 is 17.9 Å². The van der Waals surface area contributed by atoms with Gasteiger partial charge in [0, 0.05) is 19.3 Å². The predicted octanol–water partition coefficient (Wildman–Crippen LogP) is 15.5. The first-order valence-electron chi connectivity index (χ1n) is 26.7. The van der Waals surface area contributed by atoms with Gasteiger partial charge in [-0.05, 0) is 70.6 Å². The Bertz CT molecular complexity index is 1190. The van der Waals surface area contributed by atoms with Gasteiger partial charge in [0.2, 0.25) is 0 Å². The number of hydrogen-bond acceptors (Lipinski definition) is 6. The highest BCUT2D eigenvalue weighted by Gasteiger charge is 2.31. The van der Waals surface area contributed by atoms with E-state index < -0.39 is 18.1 Å². The number of carbonyl (C=O) groups is 3. The molecule has 8 nitrogen and oxygen atoms in total. The number of esters is 2. The fraction of sp³-hybridized carbons (Fsp3) is 0.804. The number of nitrogens with zero attached hydrogens (tertiary/aromatic N) is 1. The molecule has 0 bridgehead atoms. The van der Waals surface area contributed by atoms with E-state index in [4.69, 9.17) is 14.2 Å². The molecule has 0 amide bonds. The molecule has 0 aliphatic heterocycles. The first kappa shape index (κ1) is 61.3. The van der Waals surface area contributed by atoms with Gasteiger partial charge in [0.15, 0.2) is 12.1 Å². The Morgan fingerprint density at radius 2 is 0.875 bits per heavy atom. The second-order valence-electron chi connectivity index (χ2n) is 19.1. The van der Waals surface area contributed by atoms with Gasteiger partial charge in [0.1, 0.15) is 6.61 Å². The number of ether oxygens (including phenoxy) is 3. The molecule has 0 fully saturated rings. The molecule has 0 aromatic rings. The maximum Gasteiger partial charge on any atom is 0.362 e. The topological polar surface area (TPSA) is 99.1 Å². The van der Waals surface area contributed by atoms with Crippen molar-refractivity contribution in [3.05, 3.63) is 48.6 Å². The van der Waals surface area contributed by atoms with E-state index in [0.717, 1.165) is 57.8 Å². The van der Waals surface area contributed by atoms with Crippen molar-refractivity contribution in [1.82, 2.24) is 0 Å². The fourth-order valence-electron chi connectivity index (χ4n) is 7.87. The minimum Gasteiger partial charge on any atom is -0.477 e. The zero-order chi connectivity index (χ0) is 47.0. The van der Waals surface area contributed by atoms with Gasteiger partial charge < -0.3 is 23.8 Å². The summed E-state index contributed by atoms with van der Waals surface area (Å²) in [6, 6.07) is -0.616. The largest absolute Gasteiger partial charge is 0.477 e. The molecule has 0 aromatic heterocycles. The van der Waals surface area contributed by atoms with Gasteiger partial charge in [0.05, 0.1) is 34.4 Å². The summed E-state index contributed by atoms with van der Waals surface area (Å²) in [4.78, 5) is 37.2. The van der Waals surface area contributed by atoms with Crippen LogP contribution in [0.25, 0.3) is 0 Å². The van der Waals surface area contributed by atoms with E-state index in [-0.39, 0.29) is 36.2 Å². The SMILES string of the molecule is CC/C=C/C/C=C/C/C=C/CCCCCCCCCCCCCC(=O)OCC(COCCC(C(=O)O)[N+](C)(C)C)OC(=O)CCCCCCCCC/C=C/CCCCCCCCCC. The van der Waals surface area contributed by atoms with Crippen LogP contribution in [0.1, 0.15) is 239 Å². The normalized spacial score (nSPS) is 13.2.